The number of ketones is 1. The summed E-state index contributed by atoms with van der Waals surface area (Å²) in [6.45, 7) is 5.87. The van der Waals surface area contributed by atoms with Gasteiger partial charge in [-0.05, 0) is 44.0 Å². The van der Waals surface area contributed by atoms with Gasteiger partial charge in [0.2, 0.25) is 0 Å². The number of hydrogen-bond donors (Lipinski definition) is 0. The van der Waals surface area contributed by atoms with Gasteiger partial charge < -0.3 is 0 Å². The van der Waals surface area contributed by atoms with Crippen molar-refractivity contribution in [2.45, 2.75) is 25.7 Å². The summed E-state index contributed by atoms with van der Waals surface area (Å²) in [4.78, 5) is 13.1. The molecule has 3 heteroatoms. The van der Waals surface area contributed by atoms with Crippen molar-refractivity contribution in [3.63, 3.8) is 0 Å². The molecule has 1 unspecified atom stereocenters. The van der Waals surface area contributed by atoms with E-state index in [1.165, 1.54) is 0 Å². The smallest absolute Gasteiger partial charge is 0.176 e. The Kier molecular flexibility index (Phi) is 4.50. The molecule has 1 atom stereocenters. The summed E-state index contributed by atoms with van der Waals surface area (Å²) in [5.41, 5.74) is 3.76. The van der Waals surface area contributed by atoms with Crippen molar-refractivity contribution in [3.05, 3.63) is 64.7 Å². The lowest BCUT2D eigenvalue weighted by Gasteiger charge is -2.10. The molecule has 0 aliphatic rings. The summed E-state index contributed by atoms with van der Waals surface area (Å²) in [6.07, 6.45) is 0. The summed E-state index contributed by atoms with van der Waals surface area (Å²) in [7, 11) is -1.29. The minimum absolute atomic E-state index is 0.0365. The maximum Gasteiger partial charge on any atom is 0.176 e. The number of aryl methyl sites for hydroxylation is 3. The first kappa shape index (κ1) is 14.7. The van der Waals surface area contributed by atoms with E-state index in [1.54, 1.807) is 12.1 Å². The summed E-state index contributed by atoms with van der Waals surface area (Å²) in [5, 5.41) is 0. The molecule has 20 heavy (non-hydrogen) atoms. The molecule has 0 aromatic heterocycles. The van der Waals surface area contributed by atoms with Crippen LogP contribution in [0.5, 0.6) is 0 Å². The fourth-order valence-electron chi connectivity index (χ4n) is 2.47. The second-order valence-electron chi connectivity index (χ2n) is 5.00. The highest BCUT2D eigenvalue weighted by Gasteiger charge is 2.16. The highest BCUT2D eigenvalue weighted by molar-refractivity contribution is 7.85. The molecule has 0 saturated heterocycles. The van der Waals surface area contributed by atoms with Gasteiger partial charge in [-0.2, -0.15) is 0 Å². The second-order valence-corrected chi connectivity index (χ2v) is 6.45. The molecule has 0 N–H and O–H groups in total. The predicted octanol–water partition coefficient (Wildman–Crippen LogP) is 3.60. The number of rotatable bonds is 4. The second kappa shape index (κ2) is 6.14. The maximum absolute atomic E-state index is 12.4. The predicted molar refractivity (Wildman–Crippen MR) is 82.7 cm³/mol. The summed E-state index contributed by atoms with van der Waals surface area (Å²) in [6, 6.07) is 13.1. The van der Waals surface area contributed by atoms with Gasteiger partial charge in [-0.1, -0.05) is 35.9 Å². The highest BCUT2D eigenvalue weighted by atomic mass is 32.2. The molecule has 0 aliphatic carbocycles. The van der Waals surface area contributed by atoms with Gasteiger partial charge in [-0.3, -0.25) is 9.00 Å². The van der Waals surface area contributed by atoms with Gasteiger partial charge >= 0.3 is 0 Å². The Morgan fingerprint density at radius 3 is 2.10 bits per heavy atom. The van der Waals surface area contributed by atoms with Crippen LogP contribution >= 0.6 is 0 Å². The van der Waals surface area contributed by atoms with E-state index in [2.05, 4.69) is 0 Å². The van der Waals surface area contributed by atoms with Crippen LogP contribution in [0.2, 0.25) is 0 Å². The van der Waals surface area contributed by atoms with Crippen LogP contribution in [0.4, 0.5) is 0 Å². The molecular weight excluding hydrogens is 268 g/mol. The standard InChI is InChI=1S/C17H18O2S/c1-12-9-13(2)17(14(3)10-12)16(18)11-20(19)15-7-5-4-6-8-15/h4-10H,11H2,1-3H3. The molecule has 0 heterocycles. The lowest BCUT2D eigenvalue weighted by atomic mass is 9.97. The first-order chi connectivity index (χ1) is 9.49. The van der Waals surface area contributed by atoms with E-state index in [0.717, 1.165) is 16.7 Å². The van der Waals surface area contributed by atoms with Crippen molar-refractivity contribution in [2.75, 3.05) is 5.75 Å². The molecule has 0 radical (unpaired) electrons. The normalized spacial score (nSPS) is 12.2. The molecular formula is C17H18O2S. The van der Waals surface area contributed by atoms with E-state index < -0.39 is 10.8 Å². The lowest BCUT2D eigenvalue weighted by molar-refractivity contribution is 0.102. The Hall–Kier alpha value is -1.74. The van der Waals surface area contributed by atoms with E-state index in [4.69, 9.17) is 0 Å². The molecule has 2 aromatic carbocycles. The van der Waals surface area contributed by atoms with Crippen LogP contribution in [0.1, 0.15) is 27.0 Å². The SMILES string of the molecule is Cc1cc(C)c(C(=O)CS(=O)c2ccccc2)c(C)c1. The summed E-state index contributed by atoms with van der Waals surface area (Å²) in [5.74, 6) is -0.0171. The Morgan fingerprint density at radius 1 is 1.00 bits per heavy atom. The largest absolute Gasteiger partial charge is 0.293 e. The Morgan fingerprint density at radius 2 is 1.55 bits per heavy atom. The lowest BCUT2D eigenvalue weighted by Crippen LogP contribution is -2.14. The number of Topliss-reactive ketones (excluding diaryl/α,β-unsaturated/α-hetero) is 1. The van der Waals surface area contributed by atoms with Crippen molar-refractivity contribution < 1.29 is 9.00 Å². The zero-order chi connectivity index (χ0) is 14.7. The van der Waals surface area contributed by atoms with E-state index in [-0.39, 0.29) is 11.5 Å². The summed E-state index contributed by atoms with van der Waals surface area (Å²) < 4.78 is 12.2. The number of carbonyl (C=O) groups is 1. The Balaban J connectivity index is 2.24. The number of carbonyl (C=O) groups excluding carboxylic acids is 1. The van der Waals surface area contributed by atoms with Gasteiger partial charge in [0, 0.05) is 10.5 Å². The fourth-order valence-corrected chi connectivity index (χ4v) is 3.48. The van der Waals surface area contributed by atoms with Crippen molar-refractivity contribution in [1.82, 2.24) is 0 Å². The van der Waals surface area contributed by atoms with Crippen LogP contribution in [0.3, 0.4) is 0 Å². The number of hydrogen-bond acceptors (Lipinski definition) is 2. The zero-order valence-corrected chi connectivity index (χ0v) is 12.8. The molecule has 2 nitrogen and oxygen atoms in total. The van der Waals surface area contributed by atoms with Crippen LogP contribution in [0, 0.1) is 20.8 Å². The van der Waals surface area contributed by atoms with Crippen LogP contribution in [0.25, 0.3) is 0 Å². The first-order valence-corrected chi connectivity index (χ1v) is 7.85. The average molecular weight is 286 g/mol. The van der Waals surface area contributed by atoms with Gasteiger partial charge in [0.1, 0.15) is 0 Å². The van der Waals surface area contributed by atoms with E-state index in [9.17, 15) is 9.00 Å². The molecule has 0 aliphatic heterocycles. The maximum atomic E-state index is 12.4. The Labute approximate surface area is 122 Å². The van der Waals surface area contributed by atoms with Gasteiger partial charge in [-0.15, -0.1) is 0 Å². The summed E-state index contributed by atoms with van der Waals surface area (Å²) >= 11 is 0. The average Bonchev–Trinajstić information content (AvgIpc) is 2.38. The van der Waals surface area contributed by atoms with Crippen LogP contribution in [-0.2, 0) is 10.8 Å². The van der Waals surface area contributed by atoms with Gasteiger partial charge in [0.25, 0.3) is 0 Å². The zero-order valence-electron chi connectivity index (χ0n) is 12.0. The molecule has 0 bridgehead atoms. The molecule has 0 fully saturated rings. The van der Waals surface area contributed by atoms with E-state index in [0.29, 0.717) is 10.5 Å². The number of benzene rings is 2. The third-order valence-corrected chi connectivity index (χ3v) is 4.55. The van der Waals surface area contributed by atoms with E-state index >= 15 is 0 Å². The van der Waals surface area contributed by atoms with Gasteiger partial charge in [-0.25, -0.2) is 0 Å². The highest BCUT2D eigenvalue weighted by Crippen LogP contribution is 2.18. The Bertz CT molecular complexity index is 637. The van der Waals surface area contributed by atoms with Crippen molar-refractivity contribution in [1.29, 1.82) is 0 Å². The van der Waals surface area contributed by atoms with Crippen molar-refractivity contribution >= 4 is 16.6 Å². The molecule has 104 valence electrons. The molecule has 2 rings (SSSR count). The molecule has 2 aromatic rings. The van der Waals surface area contributed by atoms with Crippen molar-refractivity contribution in [3.8, 4) is 0 Å². The van der Waals surface area contributed by atoms with Crippen LogP contribution in [0.15, 0.2) is 47.4 Å². The van der Waals surface area contributed by atoms with Crippen LogP contribution < -0.4 is 0 Å². The minimum Gasteiger partial charge on any atom is -0.293 e. The fraction of sp³-hybridized carbons (Fsp3) is 0.235. The van der Waals surface area contributed by atoms with E-state index in [1.807, 2.05) is 51.1 Å². The third kappa shape index (κ3) is 3.23. The van der Waals surface area contributed by atoms with Crippen molar-refractivity contribution in [2.24, 2.45) is 0 Å². The molecule has 0 saturated carbocycles. The minimum atomic E-state index is -1.29. The topological polar surface area (TPSA) is 34.1 Å². The monoisotopic (exact) mass is 286 g/mol. The first-order valence-electron chi connectivity index (χ1n) is 6.53. The molecule has 0 spiro atoms. The van der Waals surface area contributed by atoms with Gasteiger partial charge in [0.05, 0.1) is 16.6 Å². The quantitative estimate of drug-likeness (QED) is 0.805. The molecule has 0 amide bonds. The van der Waals surface area contributed by atoms with Crippen LogP contribution in [-0.4, -0.2) is 15.7 Å². The van der Waals surface area contributed by atoms with Gasteiger partial charge in [0.15, 0.2) is 5.78 Å². The third-order valence-electron chi connectivity index (χ3n) is 3.22.